The van der Waals surface area contributed by atoms with Crippen LogP contribution in [0.4, 0.5) is 5.69 Å². The molecule has 34 heavy (non-hydrogen) atoms. The summed E-state index contributed by atoms with van der Waals surface area (Å²) in [6, 6.07) is 22.6. The largest absolute Gasteiger partial charge is 0.489 e. The first kappa shape index (κ1) is 23.8. The number of carbonyl (C=O) groups excluding carboxylic acids is 1. The van der Waals surface area contributed by atoms with Crippen molar-refractivity contribution in [3.8, 4) is 5.75 Å². The number of amides is 1. The maximum absolute atomic E-state index is 12.8. The Morgan fingerprint density at radius 3 is 2.41 bits per heavy atom. The van der Waals surface area contributed by atoms with E-state index in [2.05, 4.69) is 17.4 Å². The third kappa shape index (κ3) is 5.97. The lowest BCUT2D eigenvalue weighted by molar-refractivity contribution is -0.120. The lowest BCUT2D eigenvalue weighted by atomic mass is 10.0. The predicted molar refractivity (Wildman–Crippen MR) is 134 cm³/mol. The molecule has 0 bridgehead atoms. The van der Waals surface area contributed by atoms with E-state index in [-0.39, 0.29) is 18.5 Å². The molecular weight excluding hydrogens is 448 g/mol. The van der Waals surface area contributed by atoms with Crippen molar-refractivity contribution in [2.45, 2.75) is 38.8 Å². The minimum Gasteiger partial charge on any atom is -0.489 e. The fraction of sp³-hybridized carbons (Fsp3) is 0.296. The molecule has 1 atom stereocenters. The molecule has 0 aliphatic heterocycles. The molecule has 1 aliphatic rings. The Morgan fingerprint density at radius 2 is 1.71 bits per heavy atom. The molecule has 3 aromatic carbocycles. The van der Waals surface area contributed by atoms with E-state index in [1.54, 1.807) is 24.3 Å². The van der Waals surface area contributed by atoms with E-state index in [1.165, 1.54) is 17.5 Å². The van der Waals surface area contributed by atoms with Crippen molar-refractivity contribution in [3.05, 3.63) is 95.1 Å². The Bertz CT molecular complexity index is 1240. The molecule has 1 N–H and O–H groups in total. The fourth-order valence-electron chi connectivity index (χ4n) is 4.21. The number of rotatable bonds is 9. The van der Waals surface area contributed by atoms with Gasteiger partial charge in [-0.25, -0.2) is 8.42 Å². The average molecular weight is 479 g/mol. The van der Waals surface area contributed by atoms with Crippen molar-refractivity contribution in [3.63, 3.8) is 0 Å². The van der Waals surface area contributed by atoms with Crippen LogP contribution in [0.15, 0.2) is 72.8 Å². The number of ether oxygens (including phenoxy) is 1. The second kappa shape index (κ2) is 10.3. The Hall–Kier alpha value is -3.32. The Morgan fingerprint density at radius 1 is 1.00 bits per heavy atom. The molecule has 6 nitrogen and oxygen atoms in total. The third-order valence-corrected chi connectivity index (χ3v) is 7.20. The molecule has 0 aromatic heterocycles. The highest BCUT2D eigenvalue weighted by atomic mass is 32.2. The lowest BCUT2D eigenvalue weighted by Crippen LogP contribution is -2.41. The SMILES string of the molecule is C[C@H](NC(=O)CN(c1ccc(OCc2ccccc2)cc1)S(C)(=O)=O)c1ccc2c(c1)CCC2. The zero-order chi connectivity index (χ0) is 24.1. The summed E-state index contributed by atoms with van der Waals surface area (Å²) < 4.78 is 31.8. The Balaban J connectivity index is 1.40. The molecule has 0 radical (unpaired) electrons. The Labute approximate surface area is 201 Å². The highest BCUT2D eigenvalue weighted by Gasteiger charge is 2.22. The van der Waals surface area contributed by atoms with Gasteiger partial charge in [0.2, 0.25) is 15.9 Å². The van der Waals surface area contributed by atoms with E-state index in [0.717, 1.165) is 34.5 Å². The third-order valence-electron chi connectivity index (χ3n) is 6.06. The van der Waals surface area contributed by atoms with Gasteiger partial charge in [0.1, 0.15) is 18.9 Å². The van der Waals surface area contributed by atoms with Crippen molar-refractivity contribution >= 4 is 21.6 Å². The molecule has 0 saturated heterocycles. The molecule has 0 spiro atoms. The normalized spacial score (nSPS) is 13.7. The quantitative estimate of drug-likeness (QED) is 0.495. The first-order chi connectivity index (χ1) is 16.3. The number of carbonyl (C=O) groups is 1. The van der Waals surface area contributed by atoms with Crippen molar-refractivity contribution in [2.75, 3.05) is 17.1 Å². The number of hydrogen-bond acceptors (Lipinski definition) is 4. The number of benzene rings is 3. The smallest absolute Gasteiger partial charge is 0.241 e. The zero-order valence-corrected chi connectivity index (χ0v) is 20.3. The van der Waals surface area contributed by atoms with Crippen LogP contribution in [0.3, 0.4) is 0 Å². The minimum absolute atomic E-state index is 0.214. The second-order valence-electron chi connectivity index (χ2n) is 8.71. The standard InChI is InChI=1S/C27H30N2O4S/c1-20(23-12-11-22-9-6-10-24(22)17-23)28-27(30)18-29(34(2,31)32)25-13-15-26(16-14-25)33-19-21-7-4-3-5-8-21/h3-5,7-8,11-17,20H,6,9-10,18-19H2,1-2H3,(H,28,30)/t20-/m0/s1. The van der Waals surface area contributed by atoms with Crippen LogP contribution in [0.2, 0.25) is 0 Å². The van der Waals surface area contributed by atoms with E-state index in [0.29, 0.717) is 18.0 Å². The molecule has 4 rings (SSSR count). The van der Waals surface area contributed by atoms with Gasteiger partial charge in [0.05, 0.1) is 18.0 Å². The fourth-order valence-corrected chi connectivity index (χ4v) is 5.07. The summed E-state index contributed by atoms with van der Waals surface area (Å²) in [4.78, 5) is 12.8. The van der Waals surface area contributed by atoms with E-state index in [1.807, 2.05) is 43.3 Å². The highest BCUT2D eigenvalue weighted by Crippen LogP contribution is 2.26. The molecule has 0 heterocycles. The summed E-state index contributed by atoms with van der Waals surface area (Å²) >= 11 is 0. The number of sulfonamides is 1. The summed E-state index contributed by atoms with van der Waals surface area (Å²) in [5.74, 6) is 0.263. The molecule has 1 aliphatic carbocycles. The second-order valence-corrected chi connectivity index (χ2v) is 10.6. The highest BCUT2D eigenvalue weighted by molar-refractivity contribution is 7.92. The maximum atomic E-state index is 12.8. The zero-order valence-electron chi connectivity index (χ0n) is 19.5. The van der Waals surface area contributed by atoms with Crippen LogP contribution in [0.5, 0.6) is 5.75 Å². The molecule has 3 aromatic rings. The topological polar surface area (TPSA) is 75.7 Å². The first-order valence-corrected chi connectivity index (χ1v) is 13.3. The molecule has 0 saturated carbocycles. The molecule has 1 amide bonds. The molecule has 178 valence electrons. The number of hydrogen-bond donors (Lipinski definition) is 1. The number of nitrogens with zero attached hydrogens (tertiary/aromatic N) is 1. The summed E-state index contributed by atoms with van der Waals surface area (Å²) in [5.41, 5.74) is 5.20. The number of anilines is 1. The van der Waals surface area contributed by atoms with Gasteiger partial charge in [-0.3, -0.25) is 9.10 Å². The van der Waals surface area contributed by atoms with Crippen molar-refractivity contribution < 1.29 is 17.9 Å². The lowest BCUT2D eigenvalue weighted by Gasteiger charge is -2.23. The molecule has 0 unspecified atom stereocenters. The van der Waals surface area contributed by atoms with Gasteiger partial charge in [-0.1, -0.05) is 48.5 Å². The van der Waals surface area contributed by atoms with Gasteiger partial charge in [0.25, 0.3) is 0 Å². The maximum Gasteiger partial charge on any atom is 0.241 e. The van der Waals surface area contributed by atoms with Crippen LogP contribution < -0.4 is 14.4 Å². The van der Waals surface area contributed by atoms with Gasteiger partial charge in [-0.15, -0.1) is 0 Å². The number of aryl methyl sites for hydroxylation is 2. The van der Waals surface area contributed by atoms with E-state index in [4.69, 9.17) is 4.74 Å². The van der Waals surface area contributed by atoms with E-state index < -0.39 is 10.0 Å². The monoisotopic (exact) mass is 478 g/mol. The van der Waals surface area contributed by atoms with Crippen LogP contribution in [0.25, 0.3) is 0 Å². The molecule has 0 fully saturated rings. The van der Waals surface area contributed by atoms with E-state index in [9.17, 15) is 13.2 Å². The van der Waals surface area contributed by atoms with E-state index >= 15 is 0 Å². The molecular formula is C27H30N2O4S. The predicted octanol–water partition coefficient (Wildman–Crippen LogP) is 4.40. The summed E-state index contributed by atoms with van der Waals surface area (Å²) in [7, 11) is -3.66. The van der Waals surface area contributed by atoms with Gasteiger partial charge in [-0.05, 0) is 72.7 Å². The number of fused-ring (bicyclic) bond motifs is 1. The average Bonchev–Trinajstić information content (AvgIpc) is 3.29. The van der Waals surface area contributed by atoms with Crippen molar-refractivity contribution in [1.29, 1.82) is 0 Å². The first-order valence-electron chi connectivity index (χ1n) is 11.4. The Kier molecular flexibility index (Phi) is 7.22. The van der Waals surface area contributed by atoms with Gasteiger partial charge in [0.15, 0.2) is 0 Å². The van der Waals surface area contributed by atoms with Crippen LogP contribution in [-0.4, -0.2) is 27.1 Å². The molecule has 7 heteroatoms. The van der Waals surface area contributed by atoms with Gasteiger partial charge in [0, 0.05) is 0 Å². The van der Waals surface area contributed by atoms with Gasteiger partial charge < -0.3 is 10.1 Å². The number of nitrogens with one attached hydrogen (secondary N) is 1. The summed E-state index contributed by atoms with van der Waals surface area (Å²) in [6.45, 7) is 2.04. The van der Waals surface area contributed by atoms with Crippen molar-refractivity contribution in [1.82, 2.24) is 5.32 Å². The van der Waals surface area contributed by atoms with Gasteiger partial charge in [-0.2, -0.15) is 0 Å². The van der Waals surface area contributed by atoms with Crippen LogP contribution in [0, 0.1) is 0 Å². The minimum atomic E-state index is -3.66. The van der Waals surface area contributed by atoms with Crippen LogP contribution >= 0.6 is 0 Å². The van der Waals surface area contributed by atoms with Gasteiger partial charge >= 0.3 is 0 Å². The summed E-state index contributed by atoms with van der Waals surface area (Å²) in [6.07, 6.45) is 4.44. The van der Waals surface area contributed by atoms with Crippen LogP contribution in [0.1, 0.15) is 41.6 Å². The van der Waals surface area contributed by atoms with Crippen molar-refractivity contribution in [2.24, 2.45) is 0 Å². The van der Waals surface area contributed by atoms with Crippen LogP contribution in [-0.2, 0) is 34.3 Å². The summed E-state index contributed by atoms with van der Waals surface area (Å²) in [5, 5.41) is 2.94.